The average Bonchev–Trinajstić information content (AvgIpc) is 2.76. The third-order valence-corrected chi connectivity index (χ3v) is 4.44. The van der Waals surface area contributed by atoms with E-state index in [0.29, 0.717) is 17.7 Å². The first kappa shape index (κ1) is 21.1. The molecule has 0 aliphatic rings. The molecule has 7 heteroatoms. The van der Waals surface area contributed by atoms with E-state index in [-0.39, 0.29) is 18.0 Å². The number of amides is 2. The third kappa shape index (κ3) is 5.47. The quantitative estimate of drug-likeness (QED) is 0.630. The summed E-state index contributed by atoms with van der Waals surface area (Å²) in [4.78, 5) is 24.6. The van der Waals surface area contributed by atoms with Gasteiger partial charge >= 0.3 is 6.18 Å². The summed E-state index contributed by atoms with van der Waals surface area (Å²) in [5.74, 6) is -0.834. The van der Waals surface area contributed by atoms with Crippen LogP contribution in [-0.2, 0) is 17.5 Å². The second kappa shape index (κ2) is 9.26. The molecule has 0 aliphatic carbocycles. The maximum atomic E-state index is 12.8. The van der Waals surface area contributed by atoms with E-state index in [4.69, 9.17) is 0 Å². The molecule has 0 aliphatic heterocycles. The predicted octanol–water partition coefficient (Wildman–Crippen LogP) is 4.42. The van der Waals surface area contributed by atoms with Crippen LogP contribution >= 0.6 is 0 Å². The van der Waals surface area contributed by atoms with Gasteiger partial charge in [-0.25, -0.2) is 0 Å². The molecule has 0 saturated carbocycles. The summed E-state index contributed by atoms with van der Waals surface area (Å²) in [6, 6.07) is 20.5. The van der Waals surface area contributed by atoms with Gasteiger partial charge in [-0.1, -0.05) is 60.7 Å². The van der Waals surface area contributed by atoms with Gasteiger partial charge < -0.3 is 10.6 Å². The Kier molecular flexibility index (Phi) is 6.51. The zero-order valence-electron chi connectivity index (χ0n) is 15.9. The maximum Gasteiger partial charge on any atom is 0.416 e. The number of rotatable bonds is 6. The number of carbonyl (C=O) groups excluding carboxylic acids is 2. The van der Waals surface area contributed by atoms with E-state index in [9.17, 15) is 22.8 Å². The first-order valence-corrected chi connectivity index (χ1v) is 9.20. The number of benzene rings is 3. The van der Waals surface area contributed by atoms with E-state index in [1.807, 2.05) is 30.3 Å². The van der Waals surface area contributed by atoms with Crippen molar-refractivity contribution in [3.8, 4) is 11.1 Å². The molecule has 0 saturated heterocycles. The molecular weight excluding hydrogens is 393 g/mol. The van der Waals surface area contributed by atoms with Crippen LogP contribution < -0.4 is 10.6 Å². The smallest absolute Gasteiger partial charge is 0.350 e. The topological polar surface area (TPSA) is 58.2 Å². The summed E-state index contributed by atoms with van der Waals surface area (Å²) < 4.78 is 38.3. The van der Waals surface area contributed by atoms with Gasteiger partial charge in [0.25, 0.3) is 5.91 Å². The van der Waals surface area contributed by atoms with Crippen LogP contribution in [0.2, 0.25) is 0 Å². The van der Waals surface area contributed by atoms with Crippen LogP contribution in [0.1, 0.15) is 21.5 Å². The monoisotopic (exact) mass is 412 g/mol. The Labute approximate surface area is 171 Å². The fourth-order valence-electron chi connectivity index (χ4n) is 2.89. The third-order valence-electron chi connectivity index (χ3n) is 4.44. The highest BCUT2D eigenvalue weighted by molar-refractivity contribution is 6.02. The molecule has 3 rings (SSSR count). The Morgan fingerprint density at radius 3 is 2.07 bits per heavy atom. The van der Waals surface area contributed by atoms with E-state index < -0.39 is 17.6 Å². The highest BCUT2D eigenvalue weighted by Gasteiger charge is 2.30. The van der Waals surface area contributed by atoms with E-state index in [1.54, 1.807) is 24.3 Å². The summed E-state index contributed by atoms with van der Waals surface area (Å²) >= 11 is 0. The Hall–Kier alpha value is -3.61. The second-order valence-electron chi connectivity index (χ2n) is 6.57. The number of hydrogen-bond donors (Lipinski definition) is 2. The predicted molar refractivity (Wildman–Crippen MR) is 108 cm³/mol. The zero-order valence-corrected chi connectivity index (χ0v) is 15.9. The lowest BCUT2D eigenvalue weighted by molar-refractivity contribution is -0.137. The summed E-state index contributed by atoms with van der Waals surface area (Å²) in [5, 5.41) is 5.26. The summed E-state index contributed by atoms with van der Waals surface area (Å²) in [5.41, 5.74) is 1.40. The number of halogens is 3. The van der Waals surface area contributed by atoms with Crippen LogP contribution in [0.15, 0.2) is 78.9 Å². The van der Waals surface area contributed by atoms with Gasteiger partial charge in [-0.3, -0.25) is 9.59 Å². The fourth-order valence-corrected chi connectivity index (χ4v) is 2.89. The largest absolute Gasteiger partial charge is 0.416 e. The van der Waals surface area contributed by atoms with Gasteiger partial charge in [-0.2, -0.15) is 13.2 Å². The lowest BCUT2D eigenvalue weighted by atomic mass is 9.98. The van der Waals surface area contributed by atoms with Crippen molar-refractivity contribution < 1.29 is 22.8 Å². The molecule has 0 heterocycles. The maximum absolute atomic E-state index is 12.8. The number of carbonyl (C=O) groups is 2. The summed E-state index contributed by atoms with van der Waals surface area (Å²) in [7, 11) is 0. The van der Waals surface area contributed by atoms with Crippen molar-refractivity contribution in [1.82, 2.24) is 10.6 Å². The van der Waals surface area contributed by atoms with Crippen molar-refractivity contribution in [2.24, 2.45) is 0 Å². The molecule has 3 aromatic carbocycles. The highest BCUT2D eigenvalue weighted by Crippen LogP contribution is 2.31. The van der Waals surface area contributed by atoms with Crippen molar-refractivity contribution in [3.05, 3.63) is 95.6 Å². The normalized spacial score (nSPS) is 11.0. The van der Waals surface area contributed by atoms with Gasteiger partial charge in [0.1, 0.15) is 0 Å². The minimum absolute atomic E-state index is 0.215. The lowest BCUT2D eigenvalue weighted by Crippen LogP contribution is -2.36. The number of nitrogens with one attached hydrogen (secondary N) is 2. The zero-order chi connectivity index (χ0) is 21.6. The van der Waals surface area contributed by atoms with E-state index in [1.165, 1.54) is 12.1 Å². The van der Waals surface area contributed by atoms with Crippen LogP contribution in [0.5, 0.6) is 0 Å². The van der Waals surface area contributed by atoms with Crippen molar-refractivity contribution in [2.45, 2.75) is 12.7 Å². The van der Waals surface area contributed by atoms with Gasteiger partial charge in [0.15, 0.2) is 0 Å². The minimum atomic E-state index is -4.43. The standard InChI is InChI=1S/C23H19F3N2O2/c24-23(25,26)18-12-10-17(11-13-18)19-8-4-5-9-20(19)22(30)28-15-21(29)27-14-16-6-2-1-3-7-16/h1-13H,14-15H2,(H,27,29)(H,28,30). The van der Waals surface area contributed by atoms with E-state index in [0.717, 1.165) is 17.7 Å². The fraction of sp³-hybridized carbons (Fsp3) is 0.130. The molecule has 3 aromatic rings. The van der Waals surface area contributed by atoms with Gasteiger partial charge in [0, 0.05) is 12.1 Å². The van der Waals surface area contributed by atoms with Crippen LogP contribution in [0.3, 0.4) is 0 Å². The Morgan fingerprint density at radius 2 is 1.40 bits per heavy atom. The van der Waals surface area contributed by atoms with Crippen molar-refractivity contribution in [2.75, 3.05) is 6.54 Å². The molecule has 0 aromatic heterocycles. The van der Waals surface area contributed by atoms with Crippen molar-refractivity contribution in [1.29, 1.82) is 0 Å². The summed E-state index contributed by atoms with van der Waals surface area (Å²) in [6.45, 7) is 0.130. The SMILES string of the molecule is O=C(CNC(=O)c1ccccc1-c1ccc(C(F)(F)F)cc1)NCc1ccccc1. The Morgan fingerprint density at radius 1 is 0.767 bits per heavy atom. The molecule has 0 spiro atoms. The van der Waals surface area contributed by atoms with Crippen molar-refractivity contribution in [3.63, 3.8) is 0 Å². The summed E-state index contributed by atoms with van der Waals surface area (Å²) in [6.07, 6.45) is -4.43. The van der Waals surface area contributed by atoms with Crippen molar-refractivity contribution >= 4 is 11.8 Å². The molecule has 0 radical (unpaired) electrons. The van der Waals surface area contributed by atoms with Gasteiger partial charge in [-0.15, -0.1) is 0 Å². The van der Waals surface area contributed by atoms with Crippen LogP contribution in [0, 0.1) is 0 Å². The van der Waals surface area contributed by atoms with Crippen LogP contribution in [0.4, 0.5) is 13.2 Å². The second-order valence-corrected chi connectivity index (χ2v) is 6.57. The molecular formula is C23H19F3N2O2. The van der Waals surface area contributed by atoms with Crippen LogP contribution in [0.25, 0.3) is 11.1 Å². The first-order valence-electron chi connectivity index (χ1n) is 9.20. The lowest BCUT2D eigenvalue weighted by Gasteiger charge is -2.12. The molecule has 2 N–H and O–H groups in total. The molecule has 4 nitrogen and oxygen atoms in total. The molecule has 0 unspecified atom stereocenters. The molecule has 30 heavy (non-hydrogen) atoms. The van der Waals surface area contributed by atoms with Crippen LogP contribution in [-0.4, -0.2) is 18.4 Å². The molecule has 0 fully saturated rings. The Bertz CT molecular complexity index is 1020. The van der Waals surface area contributed by atoms with E-state index >= 15 is 0 Å². The van der Waals surface area contributed by atoms with Gasteiger partial charge in [0.05, 0.1) is 12.1 Å². The number of alkyl halides is 3. The molecule has 0 bridgehead atoms. The molecule has 2 amide bonds. The number of hydrogen-bond acceptors (Lipinski definition) is 2. The molecule has 154 valence electrons. The minimum Gasteiger partial charge on any atom is -0.350 e. The Balaban J connectivity index is 1.65. The molecule has 0 atom stereocenters. The van der Waals surface area contributed by atoms with Gasteiger partial charge in [-0.05, 0) is 34.9 Å². The van der Waals surface area contributed by atoms with Gasteiger partial charge in [0.2, 0.25) is 5.91 Å². The highest BCUT2D eigenvalue weighted by atomic mass is 19.4. The van der Waals surface area contributed by atoms with E-state index in [2.05, 4.69) is 10.6 Å². The average molecular weight is 412 g/mol. The first-order chi connectivity index (χ1) is 14.3.